The van der Waals surface area contributed by atoms with Crippen LogP contribution in [0.5, 0.6) is 0 Å². The van der Waals surface area contributed by atoms with Crippen LogP contribution in [0.4, 0.5) is 4.79 Å². The molecule has 1 heterocycles. The lowest BCUT2D eigenvalue weighted by molar-refractivity contribution is 0.0264. The number of carbonyl (C=O) groups excluding carboxylic acids is 1. The topological polar surface area (TPSA) is 92.0 Å². The van der Waals surface area contributed by atoms with E-state index in [0.29, 0.717) is 38.0 Å². The van der Waals surface area contributed by atoms with E-state index in [1.807, 2.05) is 41.5 Å². The van der Waals surface area contributed by atoms with Gasteiger partial charge in [0.15, 0.2) is 5.96 Å². The lowest BCUT2D eigenvalue weighted by Crippen LogP contribution is -2.44. The molecule has 0 saturated carbocycles. The molecule has 0 bridgehead atoms. The molecule has 1 rings (SSSR count). The molecule has 0 unspecified atom stereocenters. The van der Waals surface area contributed by atoms with Crippen LogP contribution in [-0.4, -0.2) is 54.2 Å². The number of hydrogen-bond donors (Lipinski definition) is 2. The Morgan fingerprint density at radius 3 is 2.48 bits per heavy atom. The number of oxazole rings is 1. The van der Waals surface area contributed by atoms with Crippen molar-refractivity contribution in [2.75, 3.05) is 26.7 Å². The van der Waals surface area contributed by atoms with Crippen LogP contribution in [-0.2, 0) is 11.3 Å². The van der Waals surface area contributed by atoms with E-state index < -0.39 is 5.60 Å². The van der Waals surface area contributed by atoms with Crippen molar-refractivity contribution in [1.82, 2.24) is 20.5 Å². The first kappa shape index (κ1) is 20.8. The smallest absolute Gasteiger partial charge is 0.410 e. The first-order chi connectivity index (χ1) is 11.7. The molecule has 0 saturated heterocycles. The predicted octanol–water partition coefficient (Wildman–Crippen LogP) is 2.21. The highest BCUT2D eigenvalue weighted by Gasteiger charge is 2.20. The number of guanidine groups is 1. The highest BCUT2D eigenvalue weighted by atomic mass is 16.6. The van der Waals surface area contributed by atoms with Gasteiger partial charge in [-0.3, -0.25) is 4.99 Å². The first-order valence-corrected chi connectivity index (χ1v) is 8.51. The summed E-state index contributed by atoms with van der Waals surface area (Å²) in [5.74, 6) is 2.05. The maximum atomic E-state index is 12.1. The summed E-state index contributed by atoms with van der Waals surface area (Å²) in [4.78, 5) is 22.2. The van der Waals surface area contributed by atoms with Gasteiger partial charge in [-0.05, 0) is 41.5 Å². The number of ether oxygens (including phenoxy) is 1. The minimum absolute atomic E-state index is 0.314. The normalized spacial score (nSPS) is 12.0. The summed E-state index contributed by atoms with van der Waals surface area (Å²) in [6.07, 6.45) is -0.314. The van der Waals surface area contributed by atoms with Gasteiger partial charge >= 0.3 is 6.09 Å². The van der Waals surface area contributed by atoms with Gasteiger partial charge in [-0.1, -0.05) is 0 Å². The Bertz CT molecular complexity index is 570. The number of carbonyl (C=O) groups is 1. The molecular formula is C17H31N5O3. The van der Waals surface area contributed by atoms with Crippen molar-refractivity contribution < 1.29 is 13.9 Å². The Labute approximate surface area is 150 Å². The quantitative estimate of drug-likeness (QED) is 0.602. The lowest BCUT2D eigenvalue weighted by atomic mass is 10.2. The van der Waals surface area contributed by atoms with Crippen molar-refractivity contribution in [2.45, 2.75) is 53.7 Å². The van der Waals surface area contributed by atoms with Gasteiger partial charge in [0.1, 0.15) is 11.4 Å². The van der Waals surface area contributed by atoms with Gasteiger partial charge in [-0.15, -0.1) is 0 Å². The number of likely N-dealkylation sites (N-methyl/N-ethyl adjacent to an activating group) is 1. The predicted molar refractivity (Wildman–Crippen MR) is 97.7 cm³/mol. The molecule has 0 aliphatic rings. The number of rotatable bonds is 6. The van der Waals surface area contributed by atoms with Crippen LogP contribution in [0.25, 0.3) is 0 Å². The lowest BCUT2D eigenvalue weighted by Gasteiger charge is -2.26. The highest BCUT2D eigenvalue weighted by Crippen LogP contribution is 2.09. The second-order valence-corrected chi connectivity index (χ2v) is 6.66. The molecule has 1 aromatic rings. The van der Waals surface area contributed by atoms with E-state index >= 15 is 0 Å². The minimum Gasteiger partial charge on any atom is -0.444 e. The number of nitrogens with one attached hydrogen (secondary N) is 2. The molecule has 0 fully saturated rings. The summed E-state index contributed by atoms with van der Waals surface area (Å²) < 4.78 is 10.9. The average molecular weight is 353 g/mol. The van der Waals surface area contributed by atoms with Crippen molar-refractivity contribution >= 4 is 12.1 Å². The van der Waals surface area contributed by atoms with Crippen molar-refractivity contribution in [3.63, 3.8) is 0 Å². The molecule has 8 nitrogen and oxygen atoms in total. The SMILES string of the molecule is CCN(CCNC(=NC)NCc1nc(C)c(C)o1)C(=O)OC(C)(C)C. The molecule has 1 amide bonds. The summed E-state index contributed by atoms with van der Waals surface area (Å²) >= 11 is 0. The Morgan fingerprint density at radius 2 is 2.00 bits per heavy atom. The Morgan fingerprint density at radius 1 is 1.32 bits per heavy atom. The molecule has 0 radical (unpaired) electrons. The van der Waals surface area contributed by atoms with Crippen LogP contribution in [0.1, 0.15) is 45.0 Å². The van der Waals surface area contributed by atoms with Gasteiger partial charge in [-0.2, -0.15) is 0 Å². The van der Waals surface area contributed by atoms with Gasteiger partial charge in [-0.25, -0.2) is 9.78 Å². The van der Waals surface area contributed by atoms with E-state index in [1.165, 1.54) is 0 Å². The molecule has 0 spiro atoms. The fourth-order valence-electron chi connectivity index (χ4n) is 2.01. The Kier molecular flexibility index (Phi) is 7.73. The molecule has 1 aromatic heterocycles. The second kappa shape index (κ2) is 9.29. The summed E-state index contributed by atoms with van der Waals surface area (Å²) in [7, 11) is 1.69. The Hall–Kier alpha value is -2.25. The van der Waals surface area contributed by atoms with Crippen LogP contribution in [0.15, 0.2) is 9.41 Å². The van der Waals surface area contributed by atoms with Crippen molar-refractivity contribution in [2.24, 2.45) is 4.99 Å². The minimum atomic E-state index is -0.498. The summed E-state index contributed by atoms with van der Waals surface area (Å²) in [5, 5.41) is 6.30. The van der Waals surface area contributed by atoms with Crippen LogP contribution in [0, 0.1) is 13.8 Å². The number of hydrogen-bond acceptors (Lipinski definition) is 5. The van der Waals surface area contributed by atoms with Gasteiger partial charge < -0.3 is 24.7 Å². The number of nitrogens with zero attached hydrogens (tertiary/aromatic N) is 3. The number of amides is 1. The zero-order valence-corrected chi connectivity index (χ0v) is 16.4. The van der Waals surface area contributed by atoms with Gasteiger partial charge in [0.25, 0.3) is 0 Å². The highest BCUT2D eigenvalue weighted by molar-refractivity contribution is 5.79. The van der Waals surface area contributed by atoms with E-state index in [9.17, 15) is 4.79 Å². The van der Waals surface area contributed by atoms with Crippen LogP contribution >= 0.6 is 0 Å². The van der Waals surface area contributed by atoms with E-state index in [0.717, 1.165) is 11.5 Å². The second-order valence-electron chi connectivity index (χ2n) is 6.66. The monoisotopic (exact) mass is 353 g/mol. The van der Waals surface area contributed by atoms with E-state index in [1.54, 1.807) is 11.9 Å². The molecule has 0 aliphatic heterocycles. The molecular weight excluding hydrogens is 322 g/mol. The summed E-state index contributed by atoms with van der Waals surface area (Å²) in [5.41, 5.74) is 0.387. The van der Waals surface area contributed by atoms with Crippen molar-refractivity contribution in [3.8, 4) is 0 Å². The fourth-order valence-corrected chi connectivity index (χ4v) is 2.01. The zero-order chi connectivity index (χ0) is 19.0. The first-order valence-electron chi connectivity index (χ1n) is 8.51. The molecule has 2 N–H and O–H groups in total. The maximum absolute atomic E-state index is 12.1. The van der Waals surface area contributed by atoms with Crippen LogP contribution < -0.4 is 10.6 Å². The van der Waals surface area contributed by atoms with Crippen LogP contribution in [0.3, 0.4) is 0 Å². The zero-order valence-electron chi connectivity index (χ0n) is 16.4. The van der Waals surface area contributed by atoms with E-state index in [2.05, 4.69) is 20.6 Å². The third-order valence-electron chi connectivity index (χ3n) is 3.41. The third kappa shape index (κ3) is 7.45. The van der Waals surface area contributed by atoms with Crippen LogP contribution in [0.2, 0.25) is 0 Å². The van der Waals surface area contributed by atoms with E-state index in [-0.39, 0.29) is 6.09 Å². The largest absolute Gasteiger partial charge is 0.444 e. The number of aromatic nitrogens is 1. The third-order valence-corrected chi connectivity index (χ3v) is 3.41. The van der Waals surface area contributed by atoms with Crippen molar-refractivity contribution in [3.05, 3.63) is 17.3 Å². The summed E-state index contributed by atoms with van der Waals surface area (Å²) in [6.45, 7) is 13.4. The van der Waals surface area contributed by atoms with E-state index in [4.69, 9.17) is 9.15 Å². The van der Waals surface area contributed by atoms with Gasteiger partial charge in [0.05, 0.1) is 12.2 Å². The number of aliphatic imine (C=N–C) groups is 1. The van der Waals surface area contributed by atoms with Gasteiger partial charge in [0, 0.05) is 26.7 Å². The van der Waals surface area contributed by atoms with Crippen molar-refractivity contribution in [1.29, 1.82) is 0 Å². The molecule has 0 atom stereocenters. The molecule has 0 aliphatic carbocycles. The molecule has 142 valence electrons. The Balaban J connectivity index is 2.42. The standard InChI is InChI=1S/C17H31N5O3/c1-8-22(16(23)25-17(4,5)6)10-9-19-15(18-7)20-11-14-21-12(2)13(3)24-14/h8-11H2,1-7H3,(H2,18,19,20). The van der Waals surface area contributed by atoms with Gasteiger partial charge in [0.2, 0.25) is 5.89 Å². The number of aryl methyl sites for hydroxylation is 2. The maximum Gasteiger partial charge on any atom is 0.410 e. The summed E-state index contributed by atoms with van der Waals surface area (Å²) in [6, 6.07) is 0. The average Bonchev–Trinajstić information content (AvgIpc) is 2.83. The fraction of sp³-hybridized carbons (Fsp3) is 0.706. The molecule has 0 aromatic carbocycles. The molecule has 25 heavy (non-hydrogen) atoms. The molecule has 8 heteroatoms.